The van der Waals surface area contributed by atoms with E-state index in [9.17, 15) is 9.59 Å². The van der Waals surface area contributed by atoms with Crippen LogP contribution in [0, 0.1) is 11.3 Å². The normalized spacial score (nSPS) is 20.8. The van der Waals surface area contributed by atoms with E-state index in [1.165, 1.54) is 6.42 Å². The fourth-order valence-electron chi connectivity index (χ4n) is 3.49. The number of rotatable bonds is 6. The maximum absolute atomic E-state index is 12.1. The van der Waals surface area contributed by atoms with Crippen LogP contribution in [0.3, 0.4) is 0 Å². The van der Waals surface area contributed by atoms with E-state index in [0.29, 0.717) is 16.0 Å². The van der Waals surface area contributed by atoms with Gasteiger partial charge in [-0.05, 0) is 49.1 Å². The van der Waals surface area contributed by atoms with Gasteiger partial charge in [0.05, 0.1) is 17.1 Å². The molecule has 0 aromatic heterocycles. The van der Waals surface area contributed by atoms with Crippen molar-refractivity contribution in [3.8, 4) is 0 Å². The molecule has 5 heteroatoms. The van der Waals surface area contributed by atoms with E-state index in [0.717, 1.165) is 31.6 Å². The van der Waals surface area contributed by atoms with E-state index in [-0.39, 0.29) is 24.4 Å². The van der Waals surface area contributed by atoms with Crippen molar-refractivity contribution in [3.05, 3.63) is 34.9 Å². The van der Waals surface area contributed by atoms with Crippen LogP contribution in [0.4, 0.5) is 0 Å². The van der Waals surface area contributed by atoms with Crippen molar-refractivity contribution in [2.24, 2.45) is 11.3 Å². The highest BCUT2D eigenvalue weighted by atomic mass is 35.5. The molecule has 2 rings (SSSR count). The second-order valence-corrected chi connectivity index (χ2v) is 8.03. The lowest BCUT2D eigenvalue weighted by atomic mass is 9.69. The molecule has 0 atom stereocenters. The second kappa shape index (κ2) is 8.70. The molecule has 1 saturated carbocycles. The molecule has 0 spiro atoms. The molecular weight excluding hydrogens is 336 g/mol. The molecular formula is C20H29ClN2O2. The predicted molar refractivity (Wildman–Crippen MR) is 102 cm³/mol. The molecule has 0 aliphatic heterocycles. The number of carbonyl (C=O) groups is 2. The topological polar surface area (TPSA) is 58.2 Å². The second-order valence-electron chi connectivity index (χ2n) is 7.62. The molecule has 0 saturated heterocycles. The molecule has 25 heavy (non-hydrogen) atoms. The highest BCUT2D eigenvalue weighted by molar-refractivity contribution is 6.33. The maximum Gasteiger partial charge on any atom is 0.253 e. The Morgan fingerprint density at radius 2 is 1.80 bits per heavy atom. The molecule has 0 unspecified atom stereocenters. The zero-order valence-electron chi connectivity index (χ0n) is 15.4. The number of amides is 2. The van der Waals surface area contributed by atoms with Gasteiger partial charge in [-0.1, -0.05) is 50.9 Å². The first kappa shape index (κ1) is 19.8. The van der Waals surface area contributed by atoms with Crippen LogP contribution in [0.5, 0.6) is 0 Å². The van der Waals surface area contributed by atoms with E-state index >= 15 is 0 Å². The Hall–Kier alpha value is -1.55. The predicted octanol–water partition coefficient (Wildman–Crippen LogP) is 4.18. The summed E-state index contributed by atoms with van der Waals surface area (Å²) in [6.45, 7) is 6.89. The summed E-state index contributed by atoms with van der Waals surface area (Å²) >= 11 is 5.99. The number of nitrogens with one attached hydrogen (secondary N) is 2. The number of carbonyl (C=O) groups excluding carboxylic acids is 2. The van der Waals surface area contributed by atoms with Crippen molar-refractivity contribution in [3.63, 3.8) is 0 Å². The minimum Gasteiger partial charge on any atom is -0.352 e. The van der Waals surface area contributed by atoms with Crippen LogP contribution in [0.15, 0.2) is 24.3 Å². The zero-order valence-corrected chi connectivity index (χ0v) is 16.2. The summed E-state index contributed by atoms with van der Waals surface area (Å²) in [5.41, 5.74) is 0.761. The average Bonchev–Trinajstić information content (AvgIpc) is 2.60. The Morgan fingerprint density at radius 3 is 2.40 bits per heavy atom. The van der Waals surface area contributed by atoms with Crippen LogP contribution in [0.1, 0.15) is 63.2 Å². The smallest absolute Gasteiger partial charge is 0.253 e. The molecule has 1 aromatic rings. The quantitative estimate of drug-likeness (QED) is 0.795. The molecule has 138 valence electrons. The molecule has 4 nitrogen and oxygen atoms in total. The van der Waals surface area contributed by atoms with Crippen molar-refractivity contribution in [1.82, 2.24) is 10.6 Å². The SMILES string of the molecule is CCC(C)(C)C1CCC(NC(=O)CNC(=O)c2ccccc2Cl)CC1. The van der Waals surface area contributed by atoms with Gasteiger partial charge in [-0.25, -0.2) is 0 Å². The van der Waals surface area contributed by atoms with Gasteiger partial charge in [-0.3, -0.25) is 9.59 Å². The van der Waals surface area contributed by atoms with Crippen molar-refractivity contribution in [2.45, 2.75) is 58.9 Å². The van der Waals surface area contributed by atoms with Crippen LogP contribution in [-0.2, 0) is 4.79 Å². The van der Waals surface area contributed by atoms with E-state index in [1.807, 2.05) is 0 Å². The van der Waals surface area contributed by atoms with Gasteiger partial charge in [-0.15, -0.1) is 0 Å². The molecule has 2 amide bonds. The standard InChI is InChI=1S/C20H29ClN2O2/c1-4-20(2,3)14-9-11-15(12-10-14)23-18(24)13-22-19(25)16-7-5-6-8-17(16)21/h5-8,14-15H,4,9-13H2,1-3H3,(H,22,25)(H,23,24). The summed E-state index contributed by atoms with van der Waals surface area (Å²) in [6, 6.07) is 7.03. The monoisotopic (exact) mass is 364 g/mol. The number of hydrogen-bond acceptors (Lipinski definition) is 2. The summed E-state index contributed by atoms with van der Waals surface area (Å²) in [4.78, 5) is 24.2. The van der Waals surface area contributed by atoms with Gasteiger partial charge in [0.15, 0.2) is 0 Å². The number of halogens is 1. The molecule has 1 aliphatic rings. The van der Waals surface area contributed by atoms with E-state index in [1.54, 1.807) is 24.3 Å². The zero-order chi connectivity index (χ0) is 18.4. The van der Waals surface area contributed by atoms with Crippen molar-refractivity contribution in [2.75, 3.05) is 6.54 Å². The fraction of sp³-hybridized carbons (Fsp3) is 0.600. The number of benzene rings is 1. The maximum atomic E-state index is 12.1. The Kier molecular flexibility index (Phi) is 6.88. The Morgan fingerprint density at radius 1 is 1.16 bits per heavy atom. The van der Waals surface area contributed by atoms with Gasteiger partial charge in [0.2, 0.25) is 5.91 Å². The molecule has 0 heterocycles. The fourth-order valence-corrected chi connectivity index (χ4v) is 3.71. The summed E-state index contributed by atoms with van der Waals surface area (Å²) in [6.07, 6.45) is 5.51. The highest BCUT2D eigenvalue weighted by Crippen LogP contribution is 2.40. The highest BCUT2D eigenvalue weighted by Gasteiger charge is 2.32. The lowest BCUT2D eigenvalue weighted by Gasteiger charge is -2.39. The Balaban J connectivity index is 1.75. The van der Waals surface area contributed by atoms with Gasteiger partial charge in [-0.2, -0.15) is 0 Å². The molecule has 2 N–H and O–H groups in total. The Bertz CT molecular complexity index is 607. The van der Waals surface area contributed by atoms with E-state index < -0.39 is 0 Å². The number of hydrogen-bond donors (Lipinski definition) is 2. The summed E-state index contributed by atoms with van der Waals surface area (Å²) in [7, 11) is 0. The van der Waals surface area contributed by atoms with Crippen molar-refractivity contribution < 1.29 is 9.59 Å². The summed E-state index contributed by atoms with van der Waals surface area (Å²) in [5.74, 6) is 0.262. The molecule has 1 aromatic carbocycles. The van der Waals surface area contributed by atoms with E-state index in [4.69, 9.17) is 11.6 Å². The molecule has 1 aliphatic carbocycles. The van der Waals surface area contributed by atoms with Gasteiger partial charge in [0.25, 0.3) is 5.91 Å². The van der Waals surface area contributed by atoms with Gasteiger partial charge < -0.3 is 10.6 Å². The summed E-state index contributed by atoms with van der Waals surface area (Å²) in [5, 5.41) is 6.07. The molecule has 1 fully saturated rings. The van der Waals surface area contributed by atoms with E-state index in [2.05, 4.69) is 31.4 Å². The average molecular weight is 365 g/mol. The molecule has 0 radical (unpaired) electrons. The Labute approximate surface area is 155 Å². The van der Waals surface area contributed by atoms with Crippen LogP contribution >= 0.6 is 11.6 Å². The van der Waals surface area contributed by atoms with Gasteiger partial charge in [0.1, 0.15) is 0 Å². The van der Waals surface area contributed by atoms with Crippen LogP contribution in [-0.4, -0.2) is 24.4 Å². The molecule has 0 bridgehead atoms. The largest absolute Gasteiger partial charge is 0.352 e. The lowest BCUT2D eigenvalue weighted by Crippen LogP contribution is -2.44. The minimum absolute atomic E-state index is 0.0234. The van der Waals surface area contributed by atoms with Crippen LogP contribution in [0.2, 0.25) is 5.02 Å². The van der Waals surface area contributed by atoms with Crippen molar-refractivity contribution in [1.29, 1.82) is 0 Å². The van der Waals surface area contributed by atoms with Gasteiger partial charge in [0, 0.05) is 6.04 Å². The third-order valence-corrected chi connectivity index (χ3v) is 5.97. The third-order valence-electron chi connectivity index (χ3n) is 5.64. The van der Waals surface area contributed by atoms with Crippen molar-refractivity contribution >= 4 is 23.4 Å². The van der Waals surface area contributed by atoms with Crippen LogP contribution < -0.4 is 10.6 Å². The first-order valence-electron chi connectivity index (χ1n) is 9.15. The first-order chi connectivity index (χ1) is 11.8. The first-order valence-corrected chi connectivity index (χ1v) is 9.53. The minimum atomic E-state index is -0.325. The summed E-state index contributed by atoms with van der Waals surface area (Å²) < 4.78 is 0. The lowest BCUT2D eigenvalue weighted by molar-refractivity contribution is -0.121. The van der Waals surface area contributed by atoms with Crippen LogP contribution in [0.25, 0.3) is 0 Å². The van der Waals surface area contributed by atoms with Gasteiger partial charge >= 0.3 is 0 Å². The third kappa shape index (κ3) is 5.46.